The molecule has 0 saturated carbocycles. The topological polar surface area (TPSA) is 151 Å². The summed E-state index contributed by atoms with van der Waals surface area (Å²) >= 11 is 0. The van der Waals surface area contributed by atoms with Crippen LogP contribution in [-0.2, 0) is 19.7 Å². The van der Waals surface area contributed by atoms with Gasteiger partial charge in [-0.3, -0.25) is 24.3 Å². The van der Waals surface area contributed by atoms with E-state index in [2.05, 4.69) is 25.8 Å². The van der Waals surface area contributed by atoms with E-state index in [1.165, 1.54) is 6.07 Å². The summed E-state index contributed by atoms with van der Waals surface area (Å²) in [5, 5.41) is 13.0. The van der Waals surface area contributed by atoms with Gasteiger partial charge >= 0.3 is 0 Å². The average Bonchev–Trinajstić information content (AvgIpc) is 3.48. The number of hydrogen-bond donors (Lipinski definition) is 3. The molecule has 0 spiro atoms. The maximum atomic E-state index is 13.6. The van der Waals surface area contributed by atoms with E-state index in [0.717, 1.165) is 5.56 Å². The van der Waals surface area contributed by atoms with Crippen molar-refractivity contribution in [1.82, 2.24) is 30.0 Å². The fourth-order valence-electron chi connectivity index (χ4n) is 5.33. The third-order valence-electron chi connectivity index (χ3n) is 7.59. The summed E-state index contributed by atoms with van der Waals surface area (Å²) in [6.45, 7) is 4.86. The van der Waals surface area contributed by atoms with Crippen molar-refractivity contribution in [3.63, 3.8) is 0 Å². The van der Waals surface area contributed by atoms with Crippen LogP contribution in [0.4, 0.5) is 5.69 Å². The third-order valence-corrected chi connectivity index (χ3v) is 7.59. The molecule has 0 atom stereocenters. The second-order valence-corrected chi connectivity index (χ2v) is 10.9. The van der Waals surface area contributed by atoms with Gasteiger partial charge in [-0.25, -0.2) is 4.98 Å². The lowest BCUT2D eigenvalue weighted by atomic mass is 10.1. The van der Waals surface area contributed by atoms with Gasteiger partial charge in [0.2, 0.25) is 5.43 Å². The molecular formula is C33H31N7O5. The number of nitrogens with one attached hydrogen (secondary N) is 3. The van der Waals surface area contributed by atoms with Crippen molar-refractivity contribution in [2.45, 2.75) is 39.6 Å². The van der Waals surface area contributed by atoms with E-state index in [4.69, 9.17) is 4.74 Å². The molecule has 3 N–H and O–H groups in total. The molecule has 3 aromatic heterocycles. The van der Waals surface area contributed by atoms with Crippen LogP contribution in [-0.4, -0.2) is 55.0 Å². The number of carbonyl (C=O) groups is 3. The first kappa shape index (κ1) is 29.3. The first-order chi connectivity index (χ1) is 21.8. The number of nitrogens with zero attached hydrogens (tertiary/aromatic N) is 4. The fraction of sp³-hybridized carbons (Fsp3) is 0.212. The molecule has 0 fully saturated rings. The largest absolute Gasteiger partial charge is 0.483 e. The Kier molecular flexibility index (Phi) is 8.10. The summed E-state index contributed by atoms with van der Waals surface area (Å²) in [4.78, 5) is 58.9. The van der Waals surface area contributed by atoms with Gasteiger partial charge in [-0.2, -0.15) is 5.10 Å². The van der Waals surface area contributed by atoms with Crippen LogP contribution in [0, 0.1) is 0 Å². The highest BCUT2D eigenvalue weighted by Gasteiger charge is 2.32. The van der Waals surface area contributed by atoms with Crippen molar-refractivity contribution in [3.05, 3.63) is 117 Å². The number of fused-ring (bicyclic) bond motifs is 2. The number of rotatable bonds is 9. The first-order valence-corrected chi connectivity index (χ1v) is 14.5. The van der Waals surface area contributed by atoms with Crippen molar-refractivity contribution < 1.29 is 19.1 Å². The number of aromatic nitrogens is 4. The van der Waals surface area contributed by atoms with Gasteiger partial charge in [0.1, 0.15) is 6.61 Å². The molecule has 1 aliphatic rings. The molecule has 0 aliphatic carbocycles. The van der Waals surface area contributed by atoms with Crippen LogP contribution in [0.1, 0.15) is 56.4 Å². The Morgan fingerprint density at radius 1 is 0.978 bits per heavy atom. The van der Waals surface area contributed by atoms with E-state index < -0.39 is 17.2 Å². The van der Waals surface area contributed by atoms with Gasteiger partial charge in [-0.1, -0.05) is 36.4 Å². The van der Waals surface area contributed by atoms with E-state index in [0.29, 0.717) is 41.1 Å². The second-order valence-electron chi connectivity index (χ2n) is 10.9. The normalized spacial score (nSPS) is 12.7. The lowest BCUT2D eigenvalue weighted by Crippen LogP contribution is -2.46. The predicted molar refractivity (Wildman–Crippen MR) is 167 cm³/mol. The molecule has 5 aromatic rings. The first-order valence-electron chi connectivity index (χ1n) is 14.5. The number of aromatic amines is 1. The SMILES string of the molecule is CC(C)N1CCn2c(CNC(=O)c3cccc(NC(=O)c4n[nH]c5ncccc45)c3)cc(=O)c(OCc3ccccc3)c2C1=O. The van der Waals surface area contributed by atoms with Crippen LogP contribution in [0.5, 0.6) is 5.75 Å². The minimum atomic E-state index is -0.451. The monoisotopic (exact) mass is 605 g/mol. The van der Waals surface area contributed by atoms with Crippen LogP contribution >= 0.6 is 0 Å². The van der Waals surface area contributed by atoms with Crippen LogP contribution in [0.2, 0.25) is 0 Å². The highest BCUT2D eigenvalue weighted by molar-refractivity contribution is 6.11. The maximum absolute atomic E-state index is 13.6. The maximum Gasteiger partial charge on any atom is 0.276 e. The Labute approximate surface area is 258 Å². The fourth-order valence-corrected chi connectivity index (χ4v) is 5.33. The number of amides is 3. The Balaban J connectivity index is 1.21. The van der Waals surface area contributed by atoms with E-state index in [1.807, 2.05) is 44.2 Å². The second kappa shape index (κ2) is 12.4. The van der Waals surface area contributed by atoms with Crippen LogP contribution in [0.15, 0.2) is 83.8 Å². The highest BCUT2D eigenvalue weighted by atomic mass is 16.5. The summed E-state index contributed by atoms with van der Waals surface area (Å²) in [6.07, 6.45) is 1.60. The van der Waals surface area contributed by atoms with Crippen LogP contribution in [0.3, 0.4) is 0 Å². The third kappa shape index (κ3) is 6.03. The van der Waals surface area contributed by atoms with E-state index in [9.17, 15) is 19.2 Å². The molecule has 3 amide bonds. The van der Waals surface area contributed by atoms with Gasteiger partial charge in [0.25, 0.3) is 17.7 Å². The predicted octanol–water partition coefficient (Wildman–Crippen LogP) is 3.75. The number of benzene rings is 2. The van der Waals surface area contributed by atoms with Crippen molar-refractivity contribution in [3.8, 4) is 5.75 Å². The van der Waals surface area contributed by atoms with Crippen molar-refractivity contribution in [2.75, 3.05) is 11.9 Å². The molecule has 0 bridgehead atoms. The number of H-pyrrole nitrogens is 1. The Morgan fingerprint density at radius 3 is 2.60 bits per heavy atom. The number of ether oxygens (including phenoxy) is 1. The van der Waals surface area contributed by atoms with E-state index in [1.54, 1.807) is 52.1 Å². The average molecular weight is 606 g/mol. The smallest absolute Gasteiger partial charge is 0.276 e. The molecule has 2 aromatic carbocycles. The lowest BCUT2D eigenvalue weighted by molar-refractivity contribution is 0.0636. The van der Waals surface area contributed by atoms with Crippen LogP contribution < -0.4 is 20.8 Å². The minimum Gasteiger partial charge on any atom is -0.483 e. The number of hydrogen-bond acceptors (Lipinski definition) is 7. The Morgan fingerprint density at radius 2 is 1.80 bits per heavy atom. The standard InChI is InChI=1S/C33H31N7O5/c1-20(2)39-14-15-40-24(17-26(41)29(28(40)33(39)44)45-19-21-8-4-3-5-9-21)18-35-31(42)22-10-6-11-23(16-22)36-32(43)27-25-12-7-13-34-30(25)38-37-27/h3-13,16-17,20H,14-15,18-19H2,1-2H3,(H,35,42)(H,36,43)(H,34,37,38). The summed E-state index contributed by atoms with van der Waals surface area (Å²) < 4.78 is 7.71. The quantitative estimate of drug-likeness (QED) is 0.232. The summed E-state index contributed by atoms with van der Waals surface area (Å²) in [6, 6.07) is 20.7. The van der Waals surface area contributed by atoms with Crippen LogP contribution in [0.25, 0.3) is 11.0 Å². The molecule has 12 heteroatoms. The molecule has 12 nitrogen and oxygen atoms in total. The van der Waals surface area contributed by atoms with Gasteiger partial charge in [-0.15, -0.1) is 0 Å². The molecule has 228 valence electrons. The molecular weight excluding hydrogens is 574 g/mol. The lowest BCUT2D eigenvalue weighted by Gasteiger charge is -2.35. The van der Waals surface area contributed by atoms with Gasteiger partial charge in [0, 0.05) is 48.3 Å². The van der Waals surface area contributed by atoms with E-state index in [-0.39, 0.29) is 42.2 Å². The number of anilines is 1. The van der Waals surface area contributed by atoms with Gasteiger partial charge < -0.3 is 24.8 Å². The van der Waals surface area contributed by atoms with E-state index >= 15 is 0 Å². The summed E-state index contributed by atoms with van der Waals surface area (Å²) in [7, 11) is 0. The Bertz CT molecular complexity index is 1970. The van der Waals surface area contributed by atoms with Gasteiger partial charge in [-0.05, 0) is 49.7 Å². The molecule has 0 saturated heterocycles. The number of pyridine rings is 2. The number of carbonyl (C=O) groups excluding carboxylic acids is 3. The Hall–Kier alpha value is -5.78. The summed E-state index contributed by atoms with van der Waals surface area (Å²) in [5.41, 5.74) is 2.46. The minimum absolute atomic E-state index is 0.00214. The van der Waals surface area contributed by atoms with Gasteiger partial charge in [0.15, 0.2) is 22.8 Å². The molecule has 45 heavy (non-hydrogen) atoms. The molecule has 4 heterocycles. The molecule has 1 aliphatic heterocycles. The van der Waals surface area contributed by atoms with Crippen molar-refractivity contribution in [2.24, 2.45) is 0 Å². The highest BCUT2D eigenvalue weighted by Crippen LogP contribution is 2.25. The molecule has 0 radical (unpaired) electrons. The zero-order valence-electron chi connectivity index (χ0n) is 24.7. The molecule has 0 unspecified atom stereocenters. The van der Waals surface area contributed by atoms with Crippen molar-refractivity contribution >= 4 is 34.4 Å². The van der Waals surface area contributed by atoms with Gasteiger partial charge in [0.05, 0.1) is 11.9 Å². The zero-order chi connectivity index (χ0) is 31.5. The van der Waals surface area contributed by atoms with Crippen molar-refractivity contribution in [1.29, 1.82) is 0 Å². The zero-order valence-corrected chi connectivity index (χ0v) is 24.7. The summed E-state index contributed by atoms with van der Waals surface area (Å²) in [5.74, 6) is -1.17. The molecule has 6 rings (SSSR count).